The zero-order valence-corrected chi connectivity index (χ0v) is 14.4. The first-order valence-electron chi connectivity index (χ1n) is 7.72. The highest BCUT2D eigenvalue weighted by atomic mass is 32.2. The summed E-state index contributed by atoms with van der Waals surface area (Å²) in [6, 6.07) is 7.90. The van der Waals surface area contributed by atoms with Crippen LogP contribution < -0.4 is 5.32 Å². The summed E-state index contributed by atoms with van der Waals surface area (Å²) in [5.41, 5.74) is 2.07. The number of rotatable bonds is 8. The predicted molar refractivity (Wildman–Crippen MR) is 94.8 cm³/mol. The van der Waals surface area contributed by atoms with Crippen molar-refractivity contribution in [2.75, 3.05) is 11.1 Å². The zero-order valence-electron chi connectivity index (χ0n) is 13.6. The Bertz CT molecular complexity index is 664. The highest BCUT2D eigenvalue weighted by Gasteiger charge is 2.12. The second-order valence-electron chi connectivity index (χ2n) is 5.04. The molecule has 0 atom stereocenters. The Hall–Kier alpha value is -2.08. The van der Waals surface area contributed by atoms with Crippen LogP contribution in [0, 0.1) is 0 Å². The SMILES string of the molecule is C=CCn1c(CC)nnc1SCC(=O)Nc1ccc(CC)cc1. The van der Waals surface area contributed by atoms with Crippen LogP contribution >= 0.6 is 11.8 Å². The van der Waals surface area contributed by atoms with Gasteiger partial charge in [0.05, 0.1) is 5.75 Å². The maximum absolute atomic E-state index is 12.1. The number of aryl methyl sites for hydroxylation is 2. The van der Waals surface area contributed by atoms with E-state index in [2.05, 4.69) is 29.0 Å². The van der Waals surface area contributed by atoms with E-state index in [-0.39, 0.29) is 5.91 Å². The summed E-state index contributed by atoms with van der Waals surface area (Å²) in [5, 5.41) is 11.9. The number of nitrogens with one attached hydrogen (secondary N) is 1. The standard InChI is InChI=1S/C17H22N4OS/c1-4-11-21-15(6-3)19-20-17(21)23-12-16(22)18-14-9-7-13(5-2)8-10-14/h4,7-10H,1,5-6,11-12H2,2-3H3,(H,18,22). The number of thioether (sulfide) groups is 1. The number of amides is 1. The van der Waals surface area contributed by atoms with Gasteiger partial charge in [0.25, 0.3) is 0 Å². The summed E-state index contributed by atoms with van der Waals surface area (Å²) in [6.07, 6.45) is 3.60. The third kappa shape index (κ3) is 4.69. The Balaban J connectivity index is 1.93. The second kappa shape index (κ2) is 8.53. The van der Waals surface area contributed by atoms with Crippen LogP contribution in [0.1, 0.15) is 25.2 Å². The van der Waals surface area contributed by atoms with Crippen LogP contribution in [0.15, 0.2) is 42.1 Å². The largest absolute Gasteiger partial charge is 0.325 e. The van der Waals surface area contributed by atoms with E-state index < -0.39 is 0 Å². The Kier molecular flexibility index (Phi) is 6.40. The van der Waals surface area contributed by atoms with Crippen molar-refractivity contribution >= 4 is 23.4 Å². The average molecular weight is 330 g/mol. The molecule has 1 heterocycles. The summed E-state index contributed by atoms with van der Waals surface area (Å²) in [5.74, 6) is 1.16. The molecule has 0 aliphatic rings. The van der Waals surface area contributed by atoms with Gasteiger partial charge in [-0.3, -0.25) is 4.79 Å². The van der Waals surface area contributed by atoms with Crippen molar-refractivity contribution in [1.82, 2.24) is 14.8 Å². The molecule has 23 heavy (non-hydrogen) atoms. The van der Waals surface area contributed by atoms with Crippen LogP contribution in [0.2, 0.25) is 0 Å². The van der Waals surface area contributed by atoms with Gasteiger partial charge in [0.15, 0.2) is 5.16 Å². The van der Waals surface area contributed by atoms with E-state index in [0.29, 0.717) is 12.3 Å². The third-order valence-electron chi connectivity index (χ3n) is 3.40. The van der Waals surface area contributed by atoms with Crippen LogP contribution in [-0.4, -0.2) is 26.4 Å². The van der Waals surface area contributed by atoms with Crippen molar-refractivity contribution in [3.63, 3.8) is 0 Å². The van der Waals surface area contributed by atoms with Crippen molar-refractivity contribution in [3.05, 3.63) is 48.3 Å². The lowest BCUT2D eigenvalue weighted by molar-refractivity contribution is -0.113. The Labute approximate surface area is 141 Å². The molecule has 0 saturated heterocycles. The molecule has 0 radical (unpaired) electrons. The van der Waals surface area contributed by atoms with E-state index in [1.165, 1.54) is 17.3 Å². The first kappa shape index (κ1) is 17.3. The van der Waals surface area contributed by atoms with Gasteiger partial charge in [0.2, 0.25) is 5.91 Å². The molecule has 1 amide bonds. The Morgan fingerprint density at radius 2 is 2.00 bits per heavy atom. The molecule has 6 heteroatoms. The molecule has 0 aliphatic heterocycles. The fraction of sp³-hybridized carbons (Fsp3) is 0.353. The first-order chi connectivity index (χ1) is 11.2. The highest BCUT2D eigenvalue weighted by Crippen LogP contribution is 2.18. The van der Waals surface area contributed by atoms with Crippen molar-refractivity contribution in [1.29, 1.82) is 0 Å². The molecule has 0 fully saturated rings. The monoisotopic (exact) mass is 330 g/mol. The molecule has 0 bridgehead atoms. The number of carbonyl (C=O) groups excluding carboxylic acids is 1. The average Bonchev–Trinajstić information content (AvgIpc) is 2.96. The Morgan fingerprint density at radius 3 is 2.61 bits per heavy atom. The van der Waals surface area contributed by atoms with Crippen LogP contribution in [0.4, 0.5) is 5.69 Å². The molecule has 0 spiro atoms. The van der Waals surface area contributed by atoms with Gasteiger partial charge in [-0.1, -0.05) is 43.8 Å². The third-order valence-corrected chi connectivity index (χ3v) is 4.37. The highest BCUT2D eigenvalue weighted by molar-refractivity contribution is 7.99. The first-order valence-corrected chi connectivity index (χ1v) is 8.71. The number of hydrogen-bond donors (Lipinski definition) is 1. The fourth-order valence-electron chi connectivity index (χ4n) is 2.15. The molecule has 0 unspecified atom stereocenters. The van der Waals surface area contributed by atoms with E-state index >= 15 is 0 Å². The van der Waals surface area contributed by atoms with Crippen molar-refractivity contribution in [2.45, 2.75) is 38.4 Å². The van der Waals surface area contributed by atoms with Gasteiger partial charge >= 0.3 is 0 Å². The van der Waals surface area contributed by atoms with Gasteiger partial charge in [-0.25, -0.2) is 0 Å². The number of anilines is 1. The van der Waals surface area contributed by atoms with Gasteiger partial charge in [0.1, 0.15) is 5.82 Å². The molecule has 1 N–H and O–H groups in total. The molecule has 2 rings (SSSR count). The maximum atomic E-state index is 12.1. The number of benzene rings is 1. The van der Waals surface area contributed by atoms with E-state index in [9.17, 15) is 4.79 Å². The van der Waals surface area contributed by atoms with E-state index in [1.54, 1.807) is 0 Å². The van der Waals surface area contributed by atoms with Gasteiger partial charge in [0, 0.05) is 18.7 Å². The summed E-state index contributed by atoms with van der Waals surface area (Å²) < 4.78 is 1.99. The molecule has 0 saturated carbocycles. The minimum Gasteiger partial charge on any atom is -0.325 e. The fourth-order valence-corrected chi connectivity index (χ4v) is 2.92. The number of carbonyl (C=O) groups is 1. The molecule has 1 aromatic heterocycles. The van der Waals surface area contributed by atoms with Gasteiger partial charge in [-0.2, -0.15) is 0 Å². The molecular formula is C17H22N4OS. The van der Waals surface area contributed by atoms with Crippen LogP contribution in [-0.2, 0) is 24.2 Å². The smallest absolute Gasteiger partial charge is 0.234 e. The van der Waals surface area contributed by atoms with Gasteiger partial charge < -0.3 is 9.88 Å². The van der Waals surface area contributed by atoms with E-state index in [1.807, 2.05) is 41.8 Å². The van der Waals surface area contributed by atoms with Crippen LogP contribution in [0.25, 0.3) is 0 Å². The molecular weight excluding hydrogens is 308 g/mol. The Morgan fingerprint density at radius 1 is 1.26 bits per heavy atom. The number of nitrogens with zero attached hydrogens (tertiary/aromatic N) is 3. The topological polar surface area (TPSA) is 59.8 Å². The summed E-state index contributed by atoms with van der Waals surface area (Å²) in [7, 11) is 0. The minimum absolute atomic E-state index is 0.0505. The molecule has 0 aliphatic carbocycles. The van der Waals surface area contributed by atoms with Crippen LogP contribution in [0.5, 0.6) is 0 Å². The minimum atomic E-state index is -0.0505. The normalized spacial score (nSPS) is 10.5. The molecule has 1 aromatic carbocycles. The van der Waals surface area contributed by atoms with Crippen molar-refractivity contribution < 1.29 is 4.79 Å². The lowest BCUT2D eigenvalue weighted by atomic mass is 10.1. The summed E-state index contributed by atoms with van der Waals surface area (Å²) in [4.78, 5) is 12.1. The maximum Gasteiger partial charge on any atom is 0.234 e. The zero-order chi connectivity index (χ0) is 16.7. The molecule has 2 aromatic rings. The lowest BCUT2D eigenvalue weighted by Crippen LogP contribution is -2.14. The summed E-state index contributed by atoms with van der Waals surface area (Å²) in [6.45, 7) is 8.54. The quantitative estimate of drug-likeness (QED) is 0.596. The lowest BCUT2D eigenvalue weighted by Gasteiger charge is -2.07. The summed E-state index contributed by atoms with van der Waals surface area (Å²) >= 11 is 1.39. The number of aromatic nitrogens is 3. The molecule has 122 valence electrons. The van der Waals surface area contributed by atoms with Crippen molar-refractivity contribution in [3.8, 4) is 0 Å². The van der Waals surface area contributed by atoms with Gasteiger partial charge in [-0.05, 0) is 24.1 Å². The van der Waals surface area contributed by atoms with Gasteiger partial charge in [-0.15, -0.1) is 16.8 Å². The molecule has 5 nitrogen and oxygen atoms in total. The van der Waals surface area contributed by atoms with Crippen LogP contribution in [0.3, 0.4) is 0 Å². The predicted octanol–water partition coefficient (Wildman–Crippen LogP) is 3.32. The van der Waals surface area contributed by atoms with Crippen molar-refractivity contribution in [2.24, 2.45) is 0 Å². The number of hydrogen-bond acceptors (Lipinski definition) is 4. The van der Waals surface area contributed by atoms with E-state index in [4.69, 9.17) is 0 Å². The number of allylic oxidation sites excluding steroid dienone is 1. The van der Waals surface area contributed by atoms with E-state index in [0.717, 1.165) is 29.5 Å². The second-order valence-corrected chi connectivity index (χ2v) is 5.98.